The Hall–Kier alpha value is -4.74. The first kappa shape index (κ1) is 38.5. The van der Waals surface area contributed by atoms with Crippen LogP contribution in [0.3, 0.4) is 0 Å². The van der Waals surface area contributed by atoms with Gasteiger partial charge in [0, 0.05) is 33.0 Å². The number of amides is 6. The van der Waals surface area contributed by atoms with Crippen molar-refractivity contribution in [1.29, 1.82) is 0 Å². The Bertz CT molecular complexity index is 1590. The number of likely N-dealkylation sites (N-methyl/N-ethyl adjacent to an activating group) is 1. The lowest BCUT2D eigenvalue weighted by Gasteiger charge is -2.43. The molecule has 0 aromatic heterocycles. The van der Waals surface area contributed by atoms with E-state index < -0.39 is 59.9 Å². The van der Waals surface area contributed by atoms with Crippen molar-refractivity contribution in [3.8, 4) is 0 Å². The van der Waals surface area contributed by atoms with Crippen LogP contribution in [-0.4, -0.2) is 107 Å². The molecule has 0 saturated carbocycles. The highest BCUT2D eigenvalue weighted by molar-refractivity contribution is 5.98. The normalized spacial score (nSPS) is 27.7. The molecule has 3 N–H and O–H groups in total. The lowest BCUT2D eigenvalue weighted by atomic mass is 9.92. The van der Waals surface area contributed by atoms with E-state index in [2.05, 4.69) is 16.0 Å². The van der Waals surface area contributed by atoms with Gasteiger partial charge in [0.25, 0.3) is 0 Å². The summed E-state index contributed by atoms with van der Waals surface area (Å²) in [6, 6.07) is 12.9. The quantitative estimate of drug-likeness (QED) is 0.419. The van der Waals surface area contributed by atoms with Gasteiger partial charge < -0.3 is 30.7 Å². The van der Waals surface area contributed by atoms with Crippen molar-refractivity contribution >= 4 is 35.4 Å². The Balaban J connectivity index is 1.56. The second-order valence-corrected chi connectivity index (χ2v) is 14.6. The molecule has 2 aromatic carbocycles. The van der Waals surface area contributed by atoms with Crippen LogP contribution >= 0.6 is 0 Å². The molecule has 0 unspecified atom stereocenters. The predicted octanol–water partition coefficient (Wildman–Crippen LogP) is 2.60. The van der Waals surface area contributed by atoms with Crippen LogP contribution in [0.15, 0.2) is 60.7 Å². The molecule has 280 valence electrons. The van der Waals surface area contributed by atoms with Crippen LogP contribution < -0.4 is 16.0 Å². The third kappa shape index (κ3) is 9.00. The summed E-state index contributed by atoms with van der Waals surface area (Å²) in [7, 11) is 1.51. The predicted molar refractivity (Wildman–Crippen MR) is 196 cm³/mol. The van der Waals surface area contributed by atoms with Gasteiger partial charge in [-0.25, -0.2) is 0 Å². The highest BCUT2D eigenvalue weighted by Gasteiger charge is 2.44. The van der Waals surface area contributed by atoms with E-state index >= 15 is 0 Å². The van der Waals surface area contributed by atoms with Crippen molar-refractivity contribution in [2.75, 3.05) is 20.1 Å². The minimum Gasteiger partial charge on any atom is -0.342 e. The summed E-state index contributed by atoms with van der Waals surface area (Å²) in [4.78, 5) is 89.9. The van der Waals surface area contributed by atoms with Gasteiger partial charge in [0.2, 0.25) is 35.4 Å². The van der Waals surface area contributed by atoms with E-state index in [1.807, 2.05) is 74.5 Å². The maximum absolute atomic E-state index is 14.5. The fourth-order valence-corrected chi connectivity index (χ4v) is 7.51. The first-order valence-corrected chi connectivity index (χ1v) is 18.9. The van der Waals surface area contributed by atoms with Crippen molar-refractivity contribution in [2.24, 2.45) is 5.92 Å². The average molecular weight is 715 g/mol. The Morgan fingerprint density at radius 1 is 0.635 bits per heavy atom. The van der Waals surface area contributed by atoms with Crippen LogP contribution in [0, 0.1) is 5.92 Å². The van der Waals surface area contributed by atoms with Gasteiger partial charge in [0.05, 0.1) is 0 Å². The zero-order chi connectivity index (χ0) is 37.4. The fraction of sp³-hybridized carbons (Fsp3) is 0.550. The summed E-state index contributed by atoms with van der Waals surface area (Å²) in [5.74, 6) is -2.88. The van der Waals surface area contributed by atoms with Crippen LogP contribution in [-0.2, 0) is 41.6 Å². The summed E-state index contributed by atoms with van der Waals surface area (Å²) in [6.07, 6.45) is 4.68. The van der Waals surface area contributed by atoms with Gasteiger partial charge in [-0.3, -0.25) is 28.8 Å². The van der Waals surface area contributed by atoms with E-state index in [9.17, 15) is 28.8 Å². The number of hydrogen-bond donors (Lipinski definition) is 3. The monoisotopic (exact) mass is 714 g/mol. The molecule has 5 rings (SSSR count). The number of piperidine rings is 2. The second-order valence-electron chi connectivity index (χ2n) is 14.6. The summed E-state index contributed by atoms with van der Waals surface area (Å²) < 4.78 is 0. The zero-order valence-electron chi connectivity index (χ0n) is 30.9. The lowest BCUT2D eigenvalue weighted by molar-refractivity contribution is -0.155. The molecule has 7 atom stereocenters. The second kappa shape index (κ2) is 17.7. The number of hydrogen-bond acceptors (Lipinski definition) is 6. The molecule has 3 heterocycles. The van der Waals surface area contributed by atoms with Crippen LogP contribution in [0.4, 0.5) is 0 Å². The van der Waals surface area contributed by atoms with Gasteiger partial charge in [-0.1, -0.05) is 80.9 Å². The molecule has 3 saturated heterocycles. The number of rotatable bonds is 6. The largest absolute Gasteiger partial charge is 0.342 e. The Morgan fingerprint density at radius 3 is 1.73 bits per heavy atom. The minimum absolute atomic E-state index is 0.151. The standard InChI is InChI=1S/C40H54N6O6/c1-5-26(2)34-40(52)46-23-15-13-21-33(46)39(51)45-22-14-12-20-32(45)37(49)42-31(25-29-18-10-7-11-19-29)38(50)44(4)27(3)35(47)41-30(36(48)43-34)24-28-16-8-6-9-17-28/h6-11,16-19,26-27,30-34H,5,12-15,20-25H2,1-4H3,(H,41,47)(H,42,49)(H,43,48)/t26-,27-,30+,31+,32-,33+,34-/m0/s1. The van der Waals surface area contributed by atoms with Crippen molar-refractivity contribution < 1.29 is 28.8 Å². The van der Waals surface area contributed by atoms with Crippen LogP contribution in [0.1, 0.15) is 76.8 Å². The SMILES string of the molecule is CC[C@H](C)[C@@H]1NC(=O)[C@@H](Cc2ccccc2)NC(=O)[C@H](C)N(C)C(=O)[C@@H](Cc2ccccc2)NC(=O)[C@@H]2CCCCN2C(=O)[C@H]2CCCCN2C1=O. The highest BCUT2D eigenvalue weighted by Crippen LogP contribution is 2.26. The molecular formula is C40H54N6O6. The molecule has 3 fully saturated rings. The Morgan fingerprint density at radius 2 is 1.15 bits per heavy atom. The molecule has 6 amide bonds. The maximum atomic E-state index is 14.5. The van der Waals surface area contributed by atoms with Gasteiger partial charge in [0.1, 0.15) is 36.3 Å². The zero-order valence-corrected chi connectivity index (χ0v) is 30.9. The summed E-state index contributed by atoms with van der Waals surface area (Å²) >= 11 is 0. The van der Waals surface area contributed by atoms with Gasteiger partial charge in [-0.05, 0) is 62.5 Å². The molecule has 0 aliphatic carbocycles. The third-order valence-electron chi connectivity index (χ3n) is 11.1. The van der Waals surface area contributed by atoms with Gasteiger partial charge >= 0.3 is 0 Å². The lowest BCUT2D eigenvalue weighted by Crippen LogP contribution is -2.64. The molecule has 52 heavy (non-hydrogen) atoms. The molecule has 2 aromatic rings. The van der Waals surface area contributed by atoms with Crippen molar-refractivity contribution in [1.82, 2.24) is 30.7 Å². The molecular weight excluding hydrogens is 660 g/mol. The van der Waals surface area contributed by atoms with E-state index in [0.29, 0.717) is 45.2 Å². The van der Waals surface area contributed by atoms with E-state index in [0.717, 1.165) is 24.0 Å². The summed E-state index contributed by atoms with van der Waals surface area (Å²) in [5.41, 5.74) is 1.62. The molecule has 0 bridgehead atoms. The van der Waals surface area contributed by atoms with Crippen LogP contribution in [0.25, 0.3) is 0 Å². The molecule has 3 aliphatic heterocycles. The number of carbonyl (C=O) groups excluding carboxylic acids is 6. The number of nitrogens with zero attached hydrogens (tertiary/aromatic N) is 3. The van der Waals surface area contributed by atoms with Gasteiger partial charge in [-0.2, -0.15) is 0 Å². The van der Waals surface area contributed by atoms with Gasteiger partial charge in [0.15, 0.2) is 0 Å². The van der Waals surface area contributed by atoms with Crippen molar-refractivity contribution in [2.45, 2.75) is 115 Å². The number of nitrogens with one attached hydrogen (secondary N) is 3. The molecule has 0 radical (unpaired) electrons. The van der Waals surface area contributed by atoms with E-state index in [1.165, 1.54) is 11.9 Å². The minimum atomic E-state index is -1.06. The first-order valence-electron chi connectivity index (χ1n) is 18.9. The number of benzene rings is 2. The summed E-state index contributed by atoms with van der Waals surface area (Å²) in [5, 5.41) is 8.81. The first-order chi connectivity index (χ1) is 25.0. The molecule has 3 aliphatic rings. The van der Waals surface area contributed by atoms with E-state index in [1.54, 1.807) is 16.7 Å². The van der Waals surface area contributed by atoms with Gasteiger partial charge in [-0.15, -0.1) is 0 Å². The molecule has 12 nitrogen and oxygen atoms in total. The molecule has 0 spiro atoms. The summed E-state index contributed by atoms with van der Waals surface area (Å²) in [6.45, 7) is 6.11. The van der Waals surface area contributed by atoms with Crippen LogP contribution in [0.2, 0.25) is 0 Å². The number of fused-ring (bicyclic) bond motifs is 2. The number of carbonyl (C=O) groups is 6. The van der Waals surface area contributed by atoms with Crippen LogP contribution in [0.5, 0.6) is 0 Å². The maximum Gasteiger partial charge on any atom is 0.246 e. The Kier molecular flexibility index (Phi) is 13.1. The van der Waals surface area contributed by atoms with E-state index in [4.69, 9.17) is 0 Å². The average Bonchev–Trinajstić information content (AvgIpc) is 3.18. The van der Waals surface area contributed by atoms with E-state index in [-0.39, 0.29) is 30.6 Å². The van der Waals surface area contributed by atoms with Crippen molar-refractivity contribution in [3.63, 3.8) is 0 Å². The molecule has 12 heteroatoms. The topological polar surface area (TPSA) is 148 Å². The fourth-order valence-electron chi connectivity index (χ4n) is 7.51. The third-order valence-corrected chi connectivity index (χ3v) is 11.1. The highest BCUT2D eigenvalue weighted by atomic mass is 16.2. The van der Waals surface area contributed by atoms with Crippen molar-refractivity contribution in [3.05, 3.63) is 71.8 Å². The smallest absolute Gasteiger partial charge is 0.246 e. The Labute approximate surface area is 307 Å².